The van der Waals surface area contributed by atoms with Crippen molar-refractivity contribution in [2.45, 2.75) is 31.7 Å². The third-order valence-electron chi connectivity index (χ3n) is 8.19. The topological polar surface area (TPSA) is 66.0 Å². The van der Waals surface area contributed by atoms with Crippen molar-refractivity contribution in [1.82, 2.24) is 5.32 Å². The van der Waals surface area contributed by atoms with Crippen LogP contribution in [0.15, 0.2) is 109 Å². The Morgan fingerprint density at radius 1 is 0.659 bits per heavy atom. The van der Waals surface area contributed by atoms with E-state index in [1.54, 1.807) is 0 Å². The quantitative estimate of drug-likeness (QED) is 0.138. The van der Waals surface area contributed by atoms with Gasteiger partial charge in [-0.15, -0.1) is 0 Å². The summed E-state index contributed by atoms with van der Waals surface area (Å²) < 4.78 is 24.0. The highest BCUT2D eigenvalue weighted by molar-refractivity contribution is 6.99. The molecule has 4 aromatic carbocycles. The van der Waals surface area contributed by atoms with Crippen LogP contribution in [0.2, 0.25) is 5.04 Å². The second-order valence-electron chi connectivity index (χ2n) is 12.0. The summed E-state index contributed by atoms with van der Waals surface area (Å²) in [4.78, 5) is 12.4. The highest BCUT2D eigenvalue weighted by atomic mass is 28.4. The number of fused-ring (bicyclic) bond motifs is 3. The van der Waals surface area contributed by atoms with E-state index >= 15 is 0 Å². The van der Waals surface area contributed by atoms with Gasteiger partial charge in [0.25, 0.3) is 8.32 Å². The molecule has 5 rings (SSSR count). The minimum absolute atomic E-state index is 0.0436. The van der Waals surface area contributed by atoms with Crippen molar-refractivity contribution in [3.05, 3.63) is 120 Å². The van der Waals surface area contributed by atoms with Crippen LogP contribution < -0.4 is 15.7 Å². The highest BCUT2D eigenvalue weighted by Crippen LogP contribution is 2.44. The maximum Gasteiger partial charge on any atom is 0.407 e. The van der Waals surface area contributed by atoms with E-state index < -0.39 is 14.4 Å². The number of nitrogens with one attached hydrogen (secondary N) is 1. The minimum Gasteiger partial charge on any atom is -0.449 e. The molecule has 1 amide bonds. The molecule has 0 radical (unpaired) electrons. The molecule has 6 nitrogen and oxygen atoms in total. The standard InChI is InChI=1S/C37H43NO5Si/c1-37(2,3)44(29-14-6-4-7-15-29,30-16-8-5-9-17-30)43-27-26-41-25-24-40-23-22-38-36(39)42-28-35-33-20-12-10-18-31(33)32-19-11-13-21-34(32)35/h4-21,35H,22-28H2,1-3H3,(H,38,39). The lowest BCUT2D eigenvalue weighted by molar-refractivity contribution is 0.0358. The van der Waals surface area contributed by atoms with Crippen LogP contribution in [-0.4, -0.2) is 60.6 Å². The molecular formula is C37H43NO5Si. The number of ether oxygens (including phenoxy) is 3. The zero-order valence-electron chi connectivity index (χ0n) is 26.0. The van der Waals surface area contributed by atoms with E-state index in [1.165, 1.54) is 32.6 Å². The molecule has 0 spiro atoms. The molecule has 0 bridgehead atoms. The van der Waals surface area contributed by atoms with Gasteiger partial charge in [-0.3, -0.25) is 0 Å². The molecule has 4 aromatic rings. The van der Waals surface area contributed by atoms with Gasteiger partial charge in [0, 0.05) is 12.5 Å². The molecule has 0 aromatic heterocycles. The first-order valence-corrected chi connectivity index (χ1v) is 17.3. The molecule has 7 heteroatoms. The lowest BCUT2D eigenvalue weighted by Crippen LogP contribution is -2.66. The van der Waals surface area contributed by atoms with Crippen molar-refractivity contribution >= 4 is 24.8 Å². The first-order valence-electron chi connectivity index (χ1n) is 15.4. The fraction of sp³-hybridized carbons (Fsp3) is 0.324. The fourth-order valence-corrected chi connectivity index (χ4v) is 10.8. The van der Waals surface area contributed by atoms with Gasteiger partial charge in [-0.2, -0.15) is 0 Å². The second kappa shape index (κ2) is 14.8. The summed E-state index contributed by atoms with van der Waals surface area (Å²) in [5.41, 5.74) is 4.81. The number of hydrogen-bond acceptors (Lipinski definition) is 5. The van der Waals surface area contributed by atoms with Crippen LogP contribution in [0, 0.1) is 0 Å². The Bertz CT molecular complexity index is 1400. The van der Waals surface area contributed by atoms with E-state index in [0.29, 0.717) is 46.2 Å². The van der Waals surface area contributed by atoms with Crippen molar-refractivity contribution in [3.8, 4) is 11.1 Å². The Hall–Kier alpha value is -3.75. The van der Waals surface area contributed by atoms with E-state index in [9.17, 15) is 4.79 Å². The Morgan fingerprint density at radius 3 is 1.68 bits per heavy atom. The average Bonchev–Trinajstić information content (AvgIpc) is 3.36. The van der Waals surface area contributed by atoms with E-state index in [1.807, 2.05) is 36.4 Å². The smallest absolute Gasteiger partial charge is 0.407 e. The monoisotopic (exact) mass is 609 g/mol. The van der Waals surface area contributed by atoms with Crippen molar-refractivity contribution in [2.75, 3.05) is 46.2 Å². The predicted octanol–water partition coefficient (Wildman–Crippen LogP) is 6.13. The van der Waals surface area contributed by atoms with Crippen molar-refractivity contribution < 1.29 is 23.4 Å². The molecule has 0 fully saturated rings. The van der Waals surface area contributed by atoms with Gasteiger partial charge in [0.15, 0.2) is 0 Å². The Balaban J connectivity index is 1.000. The number of hydrogen-bond donors (Lipinski definition) is 1. The molecule has 0 aliphatic heterocycles. The van der Waals surface area contributed by atoms with E-state index in [2.05, 4.69) is 98.9 Å². The molecule has 230 valence electrons. The second-order valence-corrected chi connectivity index (χ2v) is 16.3. The van der Waals surface area contributed by atoms with Crippen LogP contribution in [0.25, 0.3) is 11.1 Å². The minimum atomic E-state index is -2.56. The van der Waals surface area contributed by atoms with Crippen molar-refractivity contribution in [2.24, 2.45) is 0 Å². The van der Waals surface area contributed by atoms with Gasteiger partial charge >= 0.3 is 6.09 Å². The molecule has 1 N–H and O–H groups in total. The third kappa shape index (κ3) is 7.13. The maximum atomic E-state index is 12.4. The molecule has 1 aliphatic rings. The first kappa shape index (κ1) is 31.7. The highest BCUT2D eigenvalue weighted by Gasteiger charge is 2.50. The van der Waals surface area contributed by atoms with Gasteiger partial charge in [-0.25, -0.2) is 4.79 Å². The number of carbonyl (C=O) groups is 1. The van der Waals surface area contributed by atoms with Crippen LogP contribution in [0.5, 0.6) is 0 Å². The van der Waals surface area contributed by atoms with E-state index in [0.717, 1.165) is 0 Å². The molecule has 44 heavy (non-hydrogen) atoms. The summed E-state index contributed by atoms with van der Waals surface area (Å²) in [6, 6.07) is 37.8. The van der Waals surface area contributed by atoms with Crippen molar-refractivity contribution in [3.63, 3.8) is 0 Å². The van der Waals surface area contributed by atoms with Crippen LogP contribution in [0.1, 0.15) is 37.8 Å². The first-order chi connectivity index (χ1) is 21.4. The summed E-state index contributed by atoms with van der Waals surface area (Å²) in [6.07, 6.45) is -0.438. The van der Waals surface area contributed by atoms with Gasteiger partial charge in [-0.05, 0) is 37.7 Å². The largest absolute Gasteiger partial charge is 0.449 e. The predicted molar refractivity (Wildman–Crippen MR) is 178 cm³/mol. The van der Waals surface area contributed by atoms with Crippen LogP contribution in [0.3, 0.4) is 0 Å². The van der Waals surface area contributed by atoms with Gasteiger partial charge < -0.3 is 24.0 Å². The molecular weight excluding hydrogens is 566 g/mol. The van der Waals surface area contributed by atoms with E-state index in [-0.39, 0.29) is 11.0 Å². The maximum absolute atomic E-state index is 12.4. The SMILES string of the molecule is CC(C)(C)[Si](OCCOCCOCCNC(=O)OCC1c2ccccc2-c2ccccc21)(c1ccccc1)c1ccccc1. The number of benzene rings is 4. The molecule has 0 saturated carbocycles. The van der Waals surface area contributed by atoms with Gasteiger partial charge in [-0.1, -0.05) is 130 Å². The van der Waals surface area contributed by atoms with Crippen LogP contribution >= 0.6 is 0 Å². The Morgan fingerprint density at radius 2 is 1.14 bits per heavy atom. The Kier molecular flexibility index (Phi) is 10.7. The third-order valence-corrected chi connectivity index (χ3v) is 13.2. The summed E-state index contributed by atoms with van der Waals surface area (Å²) in [5, 5.41) is 5.23. The van der Waals surface area contributed by atoms with Gasteiger partial charge in [0.05, 0.1) is 33.0 Å². The summed E-state index contributed by atoms with van der Waals surface area (Å²) >= 11 is 0. The van der Waals surface area contributed by atoms with Gasteiger partial charge in [0.1, 0.15) is 6.61 Å². The van der Waals surface area contributed by atoms with Crippen LogP contribution in [0.4, 0.5) is 4.79 Å². The number of carbonyl (C=O) groups excluding carboxylic acids is 1. The average molecular weight is 610 g/mol. The molecule has 0 heterocycles. The normalized spacial score (nSPS) is 12.9. The molecule has 0 atom stereocenters. The lowest BCUT2D eigenvalue weighted by Gasteiger charge is -2.43. The molecule has 1 aliphatic carbocycles. The zero-order valence-corrected chi connectivity index (χ0v) is 27.0. The lowest BCUT2D eigenvalue weighted by atomic mass is 9.98. The Labute approximate surface area is 262 Å². The summed E-state index contributed by atoms with van der Waals surface area (Å²) in [7, 11) is -2.56. The van der Waals surface area contributed by atoms with Crippen molar-refractivity contribution in [1.29, 1.82) is 0 Å². The molecule has 0 unspecified atom stereocenters. The number of amides is 1. The zero-order chi connectivity index (χ0) is 30.8. The molecule has 0 saturated heterocycles. The fourth-order valence-electron chi connectivity index (χ4n) is 6.21. The summed E-state index contributed by atoms with van der Waals surface area (Å²) in [6.45, 7) is 9.72. The van der Waals surface area contributed by atoms with E-state index in [4.69, 9.17) is 18.6 Å². The van der Waals surface area contributed by atoms with Crippen LogP contribution in [-0.2, 0) is 18.6 Å². The van der Waals surface area contributed by atoms with Gasteiger partial charge in [0.2, 0.25) is 0 Å². The number of rotatable bonds is 14. The number of alkyl carbamates (subject to hydrolysis) is 1. The summed E-state index contributed by atoms with van der Waals surface area (Å²) in [5.74, 6) is 0.0436.